The van der Waals surface area contributed by atoms with Crippen LogP contribution in [0.3, 0.4) is 0 Å². The molecule has 1 aromatic carbocycles. The zero-order chi connectivity index (χ0) is 15.7. The Morgan fingerprint density at radius 3 is 2.64 bits per heavy atom. The highest BCUT2D eigenvalue weighted by Gasteiger charge is 2.17. The van der Waals surface area contributed by atoms with Crippen molar-refractivity contribution in [3.8, 4) is 17.0 Å². The summed E-state index contributed by atoms with van der Waals surface area (Å²) in [5.74, 6) is 0.297. The van der Waals surface area contributed by atoms with Crippen LogP contribution in [0.2, 0.25) is 0 Å². The van der Waals surface area contributed by atoms with Crippen LogP contribution in [0.4, 0.5) is 4.79 Å². The van der Waals surface area contributed by atoms with Crippen molar-refractivity contribution in [2.45, 2.75) is 6.92 Å². The molecule has 0 radical (unpaired) electrons. The molecule has 0 unspecified atom stereocenters. The number of nitrogens with zero attached hydrogens (tertiary/aromatic N) is 2. The predicted octanol–water partition coefficient (Wildman–Crippen LogP) is 4.42. The summed E-state index contributed by atoms with van der Waals surface area (Å²) in [6, 6.07) is 9.11. The molecule has 0 amide bonds. The third-order valence-electron chi connectivity index (χ3n) is 3.27. The molecule has 3 aromatic rings. The number of carboxylic acid groups (broad SMARTS) is 1. The standard InChI is InChI=1S/C16H11BrN2O3/c1-9-14(10-4-6-18-7-5-10)19-13-3-2-11(17)8-12(13)15(9)22-16(20)21/h2-8H,1H3,(H,20,21). The Morgan fingerprint density at radius 1 is 1.23 bits per heavy atom. The van der Waals surface area contributed by atoms with Crippen LogP contribution in [0.1, 0.15) is 5.56 Å². The van der Waals surface area contributed by atoms with E-state index in [1.54, 1.807) is 25.4 Å². The Labute approximate surface area is 134 Å². The molecule has 2 aromatic heterocycles. The number of hydrogen-bond acceptors (Lipinski definition) is 4. The predicted molar refractivity (Wildman–Crippen MR) is 86.1 cm³/mol. The van der Waals surface area contributed by atoms with Crippen molar-refractivity contribution in [2.75, 3.05) is 0 Å². The molecule has 0 fully saturated rings. The molecule has 0 saturated heterocycles. The SMILES string of the molecule is Cc1c(-c2ccncc2)nc2ccc(Br)cc2c1OC(=O)O. The van der Waals surface area contributed by atoms with Crippen molar-refractivity contribution in [3.05, 3.63) is 52.8 Å². The molecule has 5 nitrogen and oxygen atoms in total. The Hall–Kier alpha value is -2.47. The average Bonchev–Trinajstić information content (AvgIpc) is 2.51. The van der Waals surface area contributed by atoms with Gasteiger partial charge in [-0.25, -0.2) is 9.78 Å². The molecule has 3 rings (SSSR count). The first kappa shape index (κ1) is 14.5. The monoisotopic (exact) mass is 358 g/mol. The van der Waals surface area contributed by atoms with Gasteiger partial charge in [0.05, 0.1) is 11.2 Å². The van der Waals surface area contributed by atoms with Gasteiger partial charge in [-0.1, -0.05) is 15.9 Å². The minimum absolute atomic E-state index is 0.297. The summed E-state index contributed by atoms with van der Waals surface area (Å²) in [6.45, 7) is 1.79. The second-order valence-electron chi connectivity index (χ2n) is 4.68. The molecular formula is C16H11BrN2O3. The van der Waals surface area contributed by atoms with E-state index in [2.05, 4.69) is 25.9 Å². The van der Waals surface area contributed by atoms with Gasteiger partial charge in [-0.3, -0.25) is 4.98 Å². The van der Waals surface area contributed by atoms with Crippen molar-refractivity contribution in [1.29, 1.82) is 0 Å². The zero-order valence-corrected chi connectivity index (χ0v) is 13.2. The Bertz CT molecular complexity index is 866. The lowest BCUT2D eigenvalue weighted by Gasteiger charge is -2.13. The van der Waals surface area contributed by atoms with Gasteiger partial charge in [0.15, 0.2) is 0 Å². The summed E-state index contributed by atoms with van der Waals surface area (Å²) < 4.78 is 5.84. The van der Waals surface area contributed by atoms with Crippen LogP contribution in [0.25, 0.3) is 22.2 Å². The number of benzene rings is 1. The van der Waals surface area contributed by atoms with E-state index in [4.69, 9.17) is 9.84 Å². The third kappa shape index (κ3) is 2.65. The zero-order valence-electron chi connectivity index (χ0n) is 11.6. The number of halogens is 1. The van der Waals surface area contributed by atoms with E-state index in [1.165, 1.54) is 0 Å². The van der Waals surface area contributed by atoms with Gasteiger partial charge in [0.2, 0.25) is 0 Å². The van der Waals surface area contributed by atoms with E-state index in [9.17, 15) is 4.79 Å². The van der Waals surface area contributed by atoms with Gasteiger partial charge in [0, 0.05) is 33.4 Å². The number of carbonyl (C=O) groups is 1. The smallest absolute Gasteiger partial charge is 0.449 e. The maximum Gasteiger partial charge on any atom is 0.511 e. The number of aromatic nitrogens is 2. The quantitative estimate of drug-likeness (QED) is 0.686. The van der Waals surface area contributed by atoms with E-state index < -0.39 is 6.16 Å². The molecule has 1 N–H and O–H groups in total. The Balaban J connectivity index is 2.33. The van der Waals surface area contributed by atoms with E-state index >= 15 is 0 Å². The third-order valence-corrected chi connectivity index (χ3v) is 3.77. The highest BCUT2D eigenvalue weighted by Crippen LogP contribution is 2.36. The van der Waals surface area contributed by atoms with Crippen LogP contribution < -0.4 is 4.74 Å². The summed E-state index contributed by atoms with van der Waals surface area (Å²) in [6.07, 6.45) is 1.98. The maximum absolute atomic E-state index is 11.0. The maximum atomic E-state index is 11.0. The van der Waals surface area contributed by atoms with Gasteiger partial charge in [0.25, 0.3) is 0 Å². The molecule has 0 spiro atoms. The van der Waals surface area contributed by atoms with Crippen molar-refractivity contribution in [3.63, 3.8) is 0 Å². The van der Waals surface area contributed by atoms with Crippen LogP contribution in [0.15, 0.2) is 47.2 Å². The van der Waals surface area contributed by atoms with Crippen LogP contribution in [-0.4, -0.2) is 21.2 Å². The fraction of sp³-hybridized carbons (Fsp3) is 0.0625. The highest BCUT2D eigenvalue weighted by atomic mass is 79.9. The van der Waals surface area contributed by atoms with Gasteiger partial charge in [0.1, 0.15) is 5.75 Å². The lowest BCUT2D eigenvalue weighted by molar-refractivity contribution is 0.144. The van der Waals surface area contributed by atoms with Crippen molar-refractivity contribution in [2.24, 2.45) is 0 Å². The lowest BCUT2D eigenvalue weighted by Crippen LogP contribution is -2.06. The summed E-state index contributed by atoms with van der Waals surface area (Å²) in [7, 11) is 0. The van der Waals surface area contributed by atoms with Crippen LogP contribution in [0.5, 0.6) is 5.75 Å². The van der Waals surface area contributed by atoms with E-state index in [0.29, 0.717) is 27.9 Å². The van der Waals surface area contributed by atoms with Crippen molar-refractivity contribution >= 4 is 33.0 Å². The van der Waals surface area contributed by atoms with E-state index in [-0.39, 0.29) is 0 Å². The molecule has 0 aliphatic rings. The summed E-state index contributed by atoms with van der Waals surface area (Å²) in [4.78, 5) is 19.7. The van der Waals surface area contributed by atoms with Crippen LogP contribution in [0, 0.1) is 6.92 Å². The van der Waals surface area contributed by atoms with Crippen LogP contribution in [-0.2, 0) is 0 Å². The topological polar surface area (TPSA) is 72.3 Å². The van der Waals surface area contributed by atoms with Crippen molar-refractivity contribution < 1.29 is 14.6 Å². The number of rotatable bonds is 2. The van der Waals surface area contributed by atoms with Gasteiger partial charge in [-0.05, 0) is 37.3 Å². The molecule has 22 heavy (non-hydrogen) atoms. The van der Waals surface area contributed by atoms with Gasteiger partial charge in [-0.15, -0.1) is 0 Å². The highest BCUT2D eigenvalue weighted by molar-refractivity contribution is 9.10. The van der Waals surface area contributed by atoms with Gasteiger partial charge >= 0.3 is 6.16 Å². The fourth-order valence-corrected chi connectivity index (χ4v) is 2.67. The molecule has 6 heteroatoms. The van der Waals surface area contributed by atoms with Gasteiger partial charge in [-0.2, -0.15) is 0 Å². The molecule has 110 valence electrons. The first-order valence-corrected chi connectivity index (χ1v) is 7.26. The number of ether oxygens (including phenoxy) is 1. The number of pyridine rings is 2. The minimum Gasteiger partial charge on any atom is -0.449 e. The van der Waals surface area contributed by atoms with E-state index in [1.807, 2.05) is 24.3 Å². The van der Waals surface area contributed by atoms with E-state index in [0.717, 1.165) is 10.0 Å². The second kappa shape index (κ2) is 5.73. The Kier molecular flexibility index (Phi) is 3.77. The molecule has 0 aliphatic heterocycles. The molecule has 0 bridgehead atoms. The minimum atomic E-state index is -1.35. The lowest BCUT2D eigenvalue weighted by atomic mass is 10.0. The molecule has 0 aliphatic carbocycles. The number of hydrogen-bond donors (Lipinski definition) is 1. The number of fused-ring (bicyclic) bond motifs is 1. The van der Waals surface area contributed by atoms with Crippen molar-refractivity contribution in [1.82, 2.24) is 9.97 Å². The first-order valence-electron chi connectivity index (χ1n) is 6.47. The fourth-order valence-electron chi connectivity index (χ4n) is 2.31. The molecule has 2 heterocycles. The summed E-state index contributed by atoms with van der Waals surface area (Å²) in [5.41, 5.74) is 2.86. The average molecular weight is 359 g/mol. The molecule has 0 saturated carbocycles. The normalized spacial score (nSPS) is 10.6. The summed E-state index contributed by atoms with van der Waals surface area (Å²) >= 11 is 3.38. The molecule has 0 atom stereocenters. The largest absolute Gasteiger partial charge is 0.511 e. The second-order valence-corrected chi connectivity index (χ2v) is 5.60. The first-order chi connectivity index (χ1) is 10.6. The van der Waals surface area contributed by atoms with Crippen LogP contribution >= 0.6 is 15.9 Å². The Morgan fingerprint density at radius 2 is 1.95 bits per heavy atom. The summed E-state index contributed by atoms with van der Waals surface area (Å²) in [5, 5.41) is 9.66. The van der Waals surface area contributed by atoms with Gasteiger partial charge < -0.3 is 9.84 Å². The molecular weight excluding hydrogens is 348 g/mol.